The summed E-state index contributed by atoms with van der Waals surface area (Å²) in [5.74, 6) is -0.361. The molecular formula is C13H15N5O3. The fourth-order valence-electron chi connectivity index (χ4n) is 1.69. The van der Waals surface area contributed by atoms with Crippen molar-refractivity contribution < 1.29 is 9.53 Å². The summed E-state index contributed by atoms with van der Waals surface area (Å²) in [5.41, 5.74) is 6.06. The minimum absolute atomic E-state index is 0.0214. The van der Waals surface area contributed by atoms with Gasteiger partial charge in [-0.15, -0.1) is 0 Å². The minimum atomic E-state index is -0.545. The van der Waals surface area contributed by atoms with Gasteiger partial charge in [-0.2, -0.15) is 5.10 Å². The van der Waals surface area contributed by atoms with Crippen molar-refractivity contribution in [3.63, 3.8) is 0 Å². The van der Waals surface area contributed by atoms with E-state index in [0.717, 1.165) is 10.2 Å². The van der Waals surface area contributed by atoms with Crippen LogP contribution in [0.15, 0.2) is 35.5 Å². The van der Waals surface area contributed by atoms with Crippen LogP contribution in [0.1, 0.15) is 5.56 Å². The second-order valence-electron chi connectivity index (χ2n) is 4.23. The highest BCUT2D eigenvalue weighted by Crippen LogP contribution is 2.11. The molecular weight excluding hydrogens is 274 g/mol. The summed E-state index contributed by atoms with van der Waals surface area (Å²) >= 11 is 0. The number of aromatic nitrogens is 3. The first kappa shape index (κ1) is 14.5. The van der Waals surface area contributed by atoms with Crippen LogP contribution in [0.4, 0.5) is 5.69 Å². The van der Waals surface area contributed by atoms with E-state index in [9.17, 15) is 9.59 Å². The molecule has 0 saturated carbocycles. The van der Waals surface area contributed by atoms with Crippen LogP contribution >= 0.6 is 0 Å². The summed E-state index contributed by atoms with van der Waals surface area (Å²) in [7, 11) is 1.33. The Morgan fingerprint density at radius 2 is 2.14 bits per heavy atom. The summed E-state index contributed by atoms with van der Waals surface area (Å²) < 4.78 is 5.89. The molecule has 0 aliphatic heterocycles. The number of carbonyl (C=O) groups excluding carboxylic acids is 1. The molecule has 0 spiro atoms. The first-order valence-electron chi connectivity index (χ1n) is 6.17. The Bertz CT molecular complexity index is 684. The number of amides is 1. The van der Waals surface area contributed by atoms with E-state index in [2.05, 4.69) is 15.4 Å². The number of rotatable bonds is 5. The van der Waals surface area contributed by atoms with Crippen LogP contribution in [-0.4, -0.2) is 27.8 Å². The van der Waals surface area contributed by atoms with E-state index >= 15 is 0 Å². The maximum Gasteiger partial charge on any atom is 0.311 e. The molecule has 0 aliphatic rings. The Labute approximate surface area is 120 Å². The van der Waals surface area contributed by atoms with Crippen LogP contribution < -0.4 is 21.3 Å². The highest BCUT2D eigenvalue weighted by molar-refractivity contribution is 5.75. The molecule has 8 nitrogen and oxygen atoms in total. The third-order valence-electron chi connectivity index (χ3n) is 2.76. The molecule has 110 valence electrons. The zero-order chi connectivity index (χ0) is 15.2. The fraction of sp³-hybridized carbons (Fsp3) is 0.231. The summed E-state index contributed by atoms with van der Waals surface area (Å²) in [5, 5.41) is 6.50. The van der Waals surface area contributed by atoms with Crippen molar-refractivity contribution in [3.8, 4) is 5.75 Å². The monoisotopic (exact) mass is 289 g/mol. The van der Waals surface area contributed by atoms with Gasteiger partial charge < -0.3 is 15.8 Å². The highest BCUT2D eigenvalue weighted by atomic mass is 16.5. The van der Waals surface area contributed by atoms with Crippen LogP contribution in [0.25, 0.3) is 0 Å². The SMILES string of the molecule is COc1c(N)cnn(CC(=O)NCc2ccncc2)c1=O. The maximum atomic E-state index is 11.9. The van der Waals surface area contributed by atoms with Gasteiger partial charge in [-0.05, 0) is 17.7 Å². The van der Waals surface area contributed by atoms with E-state index < -0.39 is 5.56 Å². The number of nitrogens with two attached hydrogens (primary N) is 1. The number of hydrogen-bond acceptors (Lipinski definition) is 6. The van der Waals surface area contributed by atoms with Crippen LogP contribution in [0, 0.1) is 0 Å². The van der Waals surface area contributed by atoms with Crippen molar-refractivity contribution in [1.29, 1.82) is 0 Å². The van der Waals surface area contributed by atoms with E-state index in [1.807, 2.05) is 0 Å². The largest absolute Gasteiger partial charge is 0.490 e. The van der Waals surface area contributed by atoms with Crippen LogP contribution in [0.2, 0.25) is 0 Å². The van der Waals surface area contributed by atoms with Gasteiger partial charge in [-0.3, -0.25) is 14.6 Å². The molecule has 0 aliphatic carbocycles. The Morgan fingerprint density at radius 1 is 1.43 bits per heavy atom. The predicted octanol–water partition coefficient (Wildman–Crippen LogP) is -0.454. The lowest BCUT2D eigenvalue weighted by atomic mass is 10.3. The Kier molecular flexibility index (Phi) is 4.50. The summed E-state index contributed by atoms with van der Waals surface area (Å²) in [6, 6.07) is 3.58. The van der Waals surface area contributed by atoms with Gasteiger partial charge in [0.15, 0.2) is 0 Å². The number of nitrogen functional groups attached to an aromatic ring is 1. The molecule has 0 fully saturated rings. The fourth-order valence-corrected chi connectivity index (χ4v) is 1.69. The molecule has 2 rings (SSSR count). The second-order valence-corrected chi connectivity index (χ2v) is 4.23. The molecule has 2 heterocycles. The first-order chi connectivity index (χ1) is 10.1. The molecule has 0 radical (unpaired) electrons. The first-order valence-corrected chi connectivity index (χ1v) is 6.17. The zero-order valence-electron chi connectivity index (χ0n) is 11.4. The number of ether oxygens (including phenoxy) is 1. The van der Waals surface area contributed by atoms with Crippen molar-refractivity contribution in [2.24, 2.45) is 0 Å². The van der Waals surface area contributed by atoms with Gasteiger partial charge in [0.2, 0.25) is 11.7 Å². The third kappa shape index (κ3) is 3.56. The van der Waals surface area contributed by atoms with Gasteiger partial charge in [-0.25, -0.2) is 4.68 Å². The van der Waals surface area contributed by atoms with Crippen LogP contribution in [0.5, 0.6) is 5.75 Å². The molecule has 1 amide bonds. The standard InChI is InChI=1S/C13H15N5O3/c1-21-12-10(14)7-17-18(13(12)20)8-11(19)16-6-9-2-4-15-5-3-9/h2-5,7H,6,8,14H2,1H3,(H,16,19). The highest BCUT2D eigenvalue weighted by Gasteiger charge is 2.12. The molecule has 21 heavy (non-hydrogen) atoms. The van der Waals surface area contributed by atoms with Gasteiger partial charge in [-0.1, -0.05) is 0 Å². The van der Waals surface area contributed by atoms with E-state index in [1.54, 1.807) is 24.5 Å². The zero-order valence-corrected chi connectivity index (χ0v) is 11.4. The Balaban J connectivity index is 2.02. The van der Waals surface area contributed by atoms with E-state index in [4.69, 9.17) is 10.5 Å². The number of nitrogens with zero attached hydrogens (tertiary/aromatic N) is 3. The quantitative estimate of drug-likeness (QED) is 0.770. The average molecular weight is 289 g/mol. The molecule has 0 bridgehead atoms. The van der Waals surface area contributed by atoms with Gasteiger partial charge in [0.25, 0.3) is 0 Å². The third-order valence-corrected chi connectivity index (χ3v) is 2.76. The number of anilines is 1. The van der Waals surface area contributed by atoms with Crippen molar-refractivity contribution in [2.45, 2.75) is 13.1 Å². The van der Waals surface area contributed by atoms with Gasteiger partial charge in [0.05, 0.1) is 13.3 Å². The predicted molar refractivity (Wildman–Crippen MR) is 75.5 cm³/mol. The Morgan fingerprint density at radius 3 is 2.81 bits per heavy atom. The average Bonchev–Trinajstić information content (AvgIpc) is 2.50. The molecule has 2 aromatic rings. The molecule has 0 atom stereocenters. The number of methoxy groups -OCH3 is 1. The number of hydrogen-bond donors (Lipinski definition) is 2. The van der Waals surface area contributed by atoms with Crippen LogP contribution in [-0.2, 0) is 17.9 Å². The number of nitrogens with one attached hydrogen (secondary N) is 1. The molecule has 0 saturated heterocycles. The molecule has 0 aromatic carbocycles. The summed E-state index contributed by atoms with van der Waals surface area (Å²) in [6.45, 7) is 0.142. The molecule has 8 heteroatoms. The van der Waals surface area contributed by atoms with E-state index in [-0.39, 0.29) is 23.9 Å². The summed E-state index contributed by atoms with van der Waals surface area (Å²) in [4.78, 5) is 27.6. The lowest BCUT2D eigenvalue weighted by Gasteiger charge is -2.09. The molecule has 0 unspecified atom stereocenters. The Hall–Kier alpha value is -2.90. The topological polar surface area (TPSA) is 112 Å². The van der Waals surface area contributed by atoms with E-state index in [0.29, 0.717) is 6.54 Å². The lowest BCUT2D eigenvalue weighted by Crippen LogP contribution is -2.34. The molecule has 2 aromatic heterocycles. The minimum Gasteiger partial charge on any atom is -0.490 e. The van der Waals surface area contributed by atoms with Gasteiger partial charge in [0.1, 0.15) is 12.2 Å². The van der Waals surface area contributed by atoms with Crippen molar-refractivity contribution in [2.75, 3.05) is 12.8 Å². The van der Waals surface area contributed by atoms with Crippen LogP contribution in [0.3, 0.4) is 0 Å². The van der Waals surface area contributed by atoms with Gasteiger partial charge in [0, 0.05) is 18.9 Å². The number of carbonyl (C=O) groups is 1. The lowest BCUT2D eigenvalue weighted by molar-refractivity contribution is -0.122. The normalized spacial score (nSPS) is 10.1. The smallest absolute Gasteiger partial charge is 0.311 e. The van der Waals surface area contributed by atoms with E-state index in [1.165, 1.54) is 13.3 Å². The maximum absolute atomic E-state index is 11.9. The second kappa shape index (κ2) is 6.51. The summed E-state index contributed by atoms with van der Waals surface area (Å²) in [6.07, 6.45) is 4.55. The number of pyridine rings is 1. The van der Waals surface area contributed by atoms with Crippen molar-refractivity contribution in [1.82, 2.24) is 20.1 Å². The van der Waals surface area contributed by atoms with Crippen molar-refractivity contribution >= 4 is 11.6 Å². The molecule has 3 N–H and O–H groups in total. The van der Waals surface area contributed by atoms with Gasteiger partial charge >= 0.3 is 5.56 Å². The van der Waals surface area contributed by atoms with Crippen molar-refractivity contribution in [3.05, 3.63) is 46.6 Å².